The number of nitrogens with two attached hydrogens (primary N) is 1. The Hall–Kier alpha value is -0.120. The molecule has 0 aromatic rings. The molecule has 0 heterocycles. The van der Waals surface area contributed by atoms with Crippen molar-refractivity contribution in [1.82, 2.24) is 0 Å². The van der Waals surface area contributed by atoms with Gasteiger partial charge in [0.2, 0.25) is 0 Å². The van der Waals surface area contributed by atoms with Crippen LogP contribution in [-0.2, 0) is 9.47 Å². The number of ether oxygens (including phenoxy) is 2. The lowest BCUT2D eigenvalue weighted by Gasteiger charge is -2.27. The van der Waals surface area contributed by atoms with Crippen LogP contribution >= 0.6 is 0 Å². The van der Waals surface area contributed by atoms with E-state index in [1.807, 2.05) is 6.92 Å². The van der Waals surface area contributed by atoms with Gasteiger partial charge in [0, 0.05) is 19.8 Å². The van der Waals surface area contributed by atoms with Crippen LogP contribution in [0.15, 0.2) is 0 Å². The third kappa shape index (κ3) is 5.28. The molecular weight excluding hydrogens is 202 g/mol. The van der Waals surface area contributed by atoms with E-state index < -0.39 is 0 Å². The van der Waals surface area contributed by atoms with Crippen LogP contribution in [0.4, 0.5) is 0 Å². The fraction of sp³-hybridized carbons (Fsp3) is 1.00. The summed E-state index contributed by atoms with van der Waals surface area (Å²) >= 11 is 0. The zero-order valence-corrected chi connectivity index (χ0v) is 10.8. The third-order valence-electron chi connectivity index (χ3n) is 3.35. The first-order valence-corrected chi connectivity index (χ1v) is 6.69. The van der Waals surface area contributed by atoms with Gasteiger partial charge in [-0.3, -0.25) is 0 Å². The molecule has 1 fully saturated rings. The highest BCUT2D eigenvalue weighted by Gasteiger charge is 2.19. The fourth-order valence-electron chi connectivity index (χ4n) is 2.40. The van der Waals surface area contributed by atoms with Gasteiger partial charge in [0.1, 0.15) is 0 Å². The standard InChI is InChI=1S/C13H27NO2/c1-3-15-13(10-14)7-8-16-12-6-4-5-11(2)9-12/h11-13H,3-10,14H2,1-2H3. The summed E-state index contributed by atoms with van der Waals surface area (Å²) in [6.45, 7) is 6.45. The van der Waals surface area contributed by atoms with Crippen LogP contribution in [0.3, 0.4) is 0 Å². The molecule has 0 bridgehead atoms. The van der Waals surface area contributed by atoms with E-state index >= 15 is 0 Å². The summed E-state index contributed by atoms with van der Waals surface area (Å²) in [6, 6.07) is 0. The van der Waals surface area contributed by atoms with E-state index in [-0.39, 0.29) is 6.10 Å². The normalized spacial score (nSPS) is 27.9. The molecule has 0 aromatic carbocycles. The molecule has 2 N–H and O–H groups in total. The maximum Gasteiger partial charge on any atom is 0.0719 e. The Balaban J connectivity index is 2.09. The van der Waals surface area contributed by atoms with E-state index in [2.05, 4.69) is 6.92 Å². The van der Waals surface area contributed by atoms with Gasteiger partial charge in [0.05, 0.1) is 12.2 Å². The second kappa shape index (κ2) is 8.04. The van der Waals surface area contributed by atoms with Crippen molar-refractivity contribution >= 4 is 0 Å². The summed E-state index contributed by atoms with van der Waals surface area (Å²) in [5, 5.41) is 0. The molecule has 1 aliphatic carbocycles. The molecule has 3 nitrogen and oxygen atoms in total. The summed E-state index contributed by atoms with van der Waals surface area (Å²) in [4.78, 5) is 0. The van der Waals surface area contributed by atoms with Gasteiger partial charge in [-0.2, -0.15) is 0 Å². The Morgan fingerprint density at radius 1 is 1.38 bits per heavy atom. The van der Waals surface area contributed by atoms with Crippen molar-refractivity contribution in [2.45, 2.75) is 58.2 Å². The minimum atomic E-state index is 0.172. The van der Waals surface area contributed by atoms with Crippen LogP contribution in [-0.4, -0.2) is 32.0 Å². The fourth-order valence-corrected chi connectivity index (χ4v) is 2.40. The van der Waals surface area contributed by atoms with Crippen LogP contribution in [0.1, 0.15) is 46.0 Å². The van der Waals surface area contributed by atoms with Crippen molar-refractivity contribution in [3.05, 3.63) is 0 Å². The van der Waals surface area contributed by atoms with Crippen molar-refractivity contribution in [3.8, 4) is 0 Å². The molecule has 0 amide bonds. The van der Waals surface area contributed by atoms with Gasteiger partial charge in [0.15, 0.2) is 0 Å². The van der Waals surface area contributed by atoms with Gasteiger partial charge in [-0.25, -0.2) is 0 Å². The van der Waals surface area contributed by atoms with E-state index in [0.717, 1.165) is 25.6 Å². The first-order valence-electron chi connectivity index (χ1n) is 6.69. The highest BCUT2D eigenvalue weighted by molar-refractivity contribution is 4.70. The van der Waals surface area contributed by atoms with Crippen molar-refractivity contribution in [2.24, 2.45) is 11.7 Å². The molecular formula is C13H27NO2. The lowest BCUT2D eigenvalue weighted by Crippen LogP contribution is -2.27. The first-order chi connectivity index (χ1) is 7.76. The molecule has 1 aliphatic rings. The molecule has 96 valence electrons. The predicted octanol–water partition coefficient (Wildman–Crippen LogP) is 2.34. The van der Waals surface area contributed by atoms with Crippen LogP contribution in [0, 0.1) is 5.92 Å². The van der Waals surface area contributed by atoms with Crippen molar-refractivity contribution in [3.63, 3.8) is 0 Å². The monoisotopic (exact) mass is 229 g/mol. The molecule has 0 aromatic heterocycles. The van der Waals surface area contributed by atoms with Gasteiger partial charge >= 0.3 is 0 Å². The Morgan fingerprint density at radius 3 is 2.81 bits per heavy atom. The molecule has 16 heavy (non-hydrogen) atoms. The van der Waals surface area contributed by atoms with Gasteiger partial charge < -0.3 is 15.2 Å². The topological polar surface area (TPSA) is 44.5 Å². The number of hydrogen-bond acceptors (Lipinski definition) is 3. The molecule has 3 unspecified atom stereocenters. The SMILES string of the molecule is CCOC(CN)CCOC1CCCC(C)C1. The third-order valence-corrected chi connectivity index (χ3v) is 3.35. The van der Waals surface area contributed by atoms with Crippen LogP contribution in [0.2, 0.25) is 0 Å². The highest BCUT2D eigenvalue weighted by Crippen LogP contribution is 2.25. The zero-order chi connectivity index (χ0) is 11.8. The van der Waals surface area contributed by atoms with Crippen molar-refractivity contribution in [2.75, 3.05) is 19.8 Å². The summed E-state index contributed by atoms with van der Waals surface area (Å²) in [5.74, 6) is 0.830. The van der Waals surface area contributed by atoms with E-state index in [1.54, 1.807) is 0 Å². The molecule has 0 spiro atoms. The second-order valence-corrected chi connectivity index (χ2v) is 4.87. The molecule has 3 heteroatoms. The summed E-state index contributed by atoms with van der Waals surface area (Å²) in [7, 11) is 0. The Labute approximate surface area is 99.7 Å². The lowest BCUT2D eigenvalue weighted by atomic mass is 9.89. The molecule has 1 rings (SSSR count). The van der Waals surface area contributed by atoms with Crippen LogP contribution in [0.5, 0.6) is 0 Å². The second-order valence-electron chi connectivity index (χ2n) is 4.87. The summed E-state index contributed by atoms with van der Waals surface area (Å²) in [5.41, 5.74) is 5.62. The number of rotatable bonds is 7. The average Bonchev–Trinajstić information content (AvgIpc) is 2.28. The number of hydrogen-bond donors (Lipinski definition) is 1. The summed E-state index contributed by atoms with van der Waals surface area (Å²) in [6.07, 6.45) is 6.71. The smallest absolute Gasteiger partial charge is 0.0719 e. The van der Waals surface area contributed by atoms with E-state index in [0.29, 0.717) is 12.6 Å². The summed E-state index contributed by atoms with van der Waals surface area (Å²) < 4.78 is 11.4. The van der Waals surface area contributed by atoms with E-state index in [9.17, 15) is 0 Å². The minimum Gasteiger partial charge on any atom is -0.378 e. The van der Waals surface area contributed by atoms with Gasteiger partial charge in [-0.1, -0.05) is 19.8 Å². The highest BCUT2D eigenvalue weighted by atomic mass is 16.5. The van der Waals surface area contributed by atoms with Gasteiger partial charge in [-0.15, -0.1) is 0 Å². The van der Waals surface area contributed by atoms with Crippen molar-refractivity contribution in [1.29, 1.82) is 0 Å². The predicted molar refractivity (Wildman–Crippen MR) is 66.5 cm³/mol. The molecule has 0 saturated heterocycles. The first kappa shape index (κ1) is 13.9. The van der Waals surface area contributed by atoms with Gasteiger partial charge in [0.25, 0.3) is 0 Å². The van der Waals surface area contributed by atoms with Crippen molar-refractivity contribution < 1.29 is 9.47 Å². The Bertz CT molecular complexity index is 175. The van der Waals surface area contributed by atoms with E-state index in [1.165, 1.54) is 25.7 Å². The molecule has 1 saturated carbocycles. The van der Waals surface area contributed by atoms with Crippen LogP contribution < -0.4 is 5.73 Å². The lowest BCUT2D eigenvalue weighted by molar-refractivity contribution is -0.0138. The van der Waals surface area contributed by atoms with Crippen LogP contribution in [0.25, 0.3) is 0 Å². The zero-order valence-electron chi connectivity index (χ0n) is 10.8. The maximum atomic E-state index is 5.90. The molecule has 0 aliphatic heterocycles. The van der Waals surface area contributed by atoms with Gasteiger partial charge in [-0.05, 0) is 32.1 Å². The maximum absolute atomic E-state index is 5.90. The van der Waals surface area contributed by atoms with E-state index in [4.69, 9.17) is 15.2 Å². The largest absolute Gasteiger partial charge is 0.378 e. The Kier molecular flexibility index (Phi) is 7.01. The average molecular weight is 229 g/mol. The quantitative estimate of drug-likeness (QED) is 0.728. The minimum absolute atomic E-state index is 0.172. The molecule has 0 radical (unpaired) electrons. The Morgan fingerprint density at radius 2 is 2.19 bits per heavy atom. The molecule has 3 atom stereocenters.